The molecule has 3 rings (SSSR count). The fourth-order valence-corrected chi connectivity index (χ4v) is 4.19. The van der Waals surface area contributed by atoms with Crippen LogP contribution < -0.4 is 14.8 Å². The van der Waals surface area contributed by atoms with Crippen LogP contribution in [-0.4, -0.2) is 37.7 Å². The van der Waals surface area contributed by atoms with Gasteiger partial charge in [0, 0.05) is 19.1 Å². The first-order valence-corrected chi connectivity index (χ1v) is 10.5. The average molecular weight is 403 g/mol. The van der Waals surface area contributed by atoms with Gasteiger partial charge in [-0.2, -0.15) is 0 Å². The molecule has 0 saturated carbocycles. The first-order chi connectivity index (χ1) is 13.6. The molecule has 1 N–H and O–H groups in total. The van der Waals surface area contributed by atoms with E-state index in [1.807, 2.05) is 24.3 Å². The Bertz CT molecular complexity index is 781. The summed E-state index contributed by atoms with van der Waals surface area (Å²) in [5.41, 5.74) is 3.43. The second-order valence-electron chi connectivity index (χ2n) is 7.44. The predicted molar refractivity (Wildman–Crippen MR) is 115 cm³/mol. The smallest absolute Gasteiger partial charge is 0.180 e. The van der Waals surface area contributed by atoms with E-state index in [-0.39, 0.29) is 0 Å². The van der Waals surface area contributed by atoms with Gasteiger partial charge < -0.3 is 14.8 Å². The Morgan fingerprint density at radius 3 is 2.82 bits per heavy atom. The van der Waals surface area contributed by atoms with Crippen molar-refractivity contribution in [3.63, 3.8) is 0 Å². The van der Waals surface area contributed by atoms with Gasteiger partial charge in [0.25, 0.3) is 0 Å². The summed E-state index contributed by atoms with van der Waals surface area (Å²) >= 11 is 6.52. The molecule has 1 saturated heterocycles. The number of hydrogen-bond acceptors (Lipinski definition) is 4. The van der Waals surface area contributed by atoms with Gasteiger partial charge in [0.05, 0.1) is 12.1 Å². The van der Waals surface area contributed by atoms with Gasteiger partial charge >= 0.3 is 0 Å². The summed E-state index contributed by atoms with van der Waals surface area (Å²) < 4.78 is 11.5. The third-order valence-electron chi connectivity index (χ3n) is 5.37. The molecule has 2 aromatic rings. The summed E-state index contributed by atoms with van der Waals surface area (Å²) in [6.07, 6.45) is 2.57. The maximum atomic E-state index is 6.52. The molecule has 1 aliphatic rings. The highest BCUT2D eigenvalue weighted by Crippen LogP contribution is 2.37. The highest BCUT2D eigenvalue weighted by molar-refractivity contribution is 6.32. The summed E-state index contributed by atoms with van der Waals surface area (Å²) in [7, 11) is 1.65. The maximum Gasteiger partial charge on any atom is 0.180 e. The summed E-state index contributed by atoms with van der Waals surface area (Å²) in [4.78, 5) is 2.54. The van der Waals surface area contributed by atoms with E-state index >= 15 is 0 Å². The highest BCUT2D eigenvalue weighted by Gasteiger charge is 2.22. The fourth-order valence-electron chi connectivity index (χ4n) is 3.90. The lowest BCUT2D eigenvalue weighted by molar-refractivity contribution is 0.260. The standard InChI is InChI=1S/C23H31ClN2O2/c1-4-26-10-6-9-20(26)15-25-14-19-12-21(24)23(22(13-19)27-3)28-16-18-8-5-7-17(2)11-18/h5,7-8,11-13,20,25H,4,6,9-10,14-16H2,1-3H3/t20-/m1/s1. The van der Waals surface area contributed by atoms with E-state index in [4.69, 9.17) is 21.1 Å². The number of benzene rings is 2. The molecule has 0 spiro atoms. The van der Waals surface area contributed by atoms with Crippen LogP contribution in [0.2, 0.25) is 5.02 Å². The zero-order valence-corrected chi connectivity index (χ0v) is 17.9. The van der Waals surface area contributed by atoms with Crippen molar-refractivity contribution in [1.82, 2.24) is 10.2 Å². The number of nitrogens with one attached hydrogen (secondary N) is 1. The highest BCUT2D eigenvalue weighted by atomic mass is 35.5. The van der Waals surface area contributed by atoms with Crippen molar-refractivity contribution >= 4 is 11.6 Å². The van der Waals surface area contributed by atoms with Gasteiger partial charge in [-0.1, -0.05) is 48.4 Å². The molecule has 152 valence electrons. The summed E-state index contributed by atoms with van der Waals surface area (Å²) in [5.74, 6) is 1.27. The summed E-state index contributed by atoms with van der Waals surface area (Å²) in [6.45, 7) is 8.88. The van der Waals surface area contributed by atoms with E-state index in [1.165, 1.54) is 24.9 Å². The number of ether oxygens (including phenoxy) is 2. The van der Waals surface area contributed by atoms with Crippen LogP contribution in [0.5, 0.6) is 11.5 Å². The number of likely N-dealkylation sites (N-methyl/N-ethyl adjacent to an activating group) is 1. The van der Waals surface area contributed by atoms with Crippen LogP contribution in [-0.2, 0) is 13.2 Å². The Morgan fingerprint density at radius 2 is 2.07 bits per heavy atom. The largest absolute Gasteiger partial charge is 0.493 e. The fraction of sp³-hybridized carbons (Fsp3) is 0.478. The lowest BCUT2D eigenvalue weighted by Crippen LogP contribution is -2.37. The van der Waals surface area contributed by atoms with Gasteiger partial charge in [-0.3, -0.25) is 4.90 Å². The molecule has 28 heavy (non-hydrogen) atoms. The van der Waals surface area contributed by atoms with Crippen LogP contribution in [0.1, 0.15) is 36.5 Å². The molecule has 0 aliphatic carbocycles. The van der Waals surface area contributed by atoms with Crippen LogP contribution in [0.3, 0.4) is 0 Å². The number of methoxy groups -OCH3 is 1. The van der Waals surface area contributed by atoms with Gasteiger partial charge in [0.1, 0.15) is 6.61 Å². The van der Waals surface area contributed by atoms with Crippen LogP contribution in [0.15, 0.2) is 36.4 Å². The molecule has 2 aromatic carbocycles. The average Bonchev–Trinajstić information content (AvgIpc) is 3.14. The first kappa shape index (κ1) is 21.0. The Labute approximate surface area is 173 Å². The Balaban J connectivity index is 1.60. The Morgan fingerprint density at radius 1 is 1.21 bits per heavy atom. The van der Waals surface area contributed by atoms with Crippen molar-refractivity contribution in [2.45, 2.75) is 45.9 Å². The first-order valence-electron chi connectivity index (χ1n) is 10.1. The number of halogens is 1. The van der Waals surface area contributed by atoms with E-state index in [0.29, 0.717) is 29.2 Å². The minimum Gasteiger partial charge on any atom is -0.493 e. The number of likely N-dealkylation sites (tertiary alicyclic amines) is 1. The van der Waals surface area contributed by atoms with E-state index in [1.54, 1.807) is 7.11 Å². The molecule has 1 aliphatic heterocycles. The number of rotatable bonds is 9. The molecule has 0 radical (unpaired) electrons. The molecular formula is C23H31ClN2O2. The molecule has 0 amide bonds. The molecular weight excluding hydrogens is 372 g/mol. The van der Waals surface area contributed by atoms with Crippen molar-refractivity contribution in [2.75, 3.05) is 26.7 Å². The van der Waals surface area contributed by atoms with E-state index in [2.05, 4.69) is 36.2 Å². The Kier molecular flexibility index (Phi) is 7.60. The lowest BCUT2D eigenvalue weighted by atomic mass is 10.1. The Hall–Kier alpha value is -1.75. The van der Waals surface area contributed by atoms with E-state index < -0.39 is 0 Å². The second-order valence-corrected chi connectivity index (χ2v) is 7.85. The lowest BCUT2D eigenvalue weighted by Gasteiger charge is -2.23. The molecule has 1 atom stereocenters. The van der Waals surface area contributed by atoms with E-state index in [0.717, 1.165) is 30.8 Å². The van der Waals surface area contributed by atoms with Crippen LogP contribution in [0, 0.1) is 6.92 Å². The zero-order chi connectivity index (χ0) is 19.9. The van der Waals surface area contributed by atoms with Gasteiger partial charge in [0.15, 0.2) is 11.5 Å². The van der Waals surface area contributed by atoms with Gasteiger partial charge in [0.2, 0.25) is 0 Å². The van der Waals surface area contributed by atoms with Gasteiger partial charge in [-0.15, -0.1) is 0 Å². The maximum absolute atomic E-state index is 6.52. The third kappa shape index (κ3) is 5.40. The third-order valence-corrected chi connectivity index (χ3v) is 5.65. The van der Waals surface area contributed by atoms with Crippen molar-refractivity contribution in [3.8, 4) is 11.5 Å². The van der Waals surface area contributed by atoms with Crippen molar-refractivity contribution in [1.29, 1.82) is 0 Å². The van der Waals surface area contributed by atoms with Crippen molar-refractivity contribution in [3.05, 3.63) is 58.1 Å². The SMILES string of the molecule is CCN1CCC[C@@H]1CNCc1cc(Cl)c(OCc2cccc(C)c2)c(OC)c1. The quantitative estimate of drug-likeness (QED) is 0.652. The van der Waals surface area contributed by atoms with Crippen molar-refractivity contribution in [2.24, 2.45) is 0 Å². The summed E-state index contributed by atoms with van der Waals surface area (Å²) in [6, 6.07) is 12.9. The monoisotopic (exact) mass is 402 g/mol. The zero-order valence-electron chi connectivity index (χ0n) is 17.1. The van der Waals surface area contributed by atoms with Crippen LogP contribution >= 0.6 is 11.6 Å². The molecule has 0 unspecified atom stereocenters. The van der Waals surface area contributed by atoms with Crippen LogP contribution in [0.25, 0.3) is 0 Å². The normalized spacial score (nSPS) is 17.1. The predicted octanol–water partition coefficient (Wildman–Crippen LogP) is 4.81. The molecule has 0 aromatic heterocycles. The minimum atomic E-state index is 0.462. The molecule has 1 heterocycles. The number of hydrogen-bond donors (Lipinski definition) is 1. The molecule has 1 fully saturated rings. The molecule has 5 heteroatoms. The number of aryl methyl sites for hydroxylation is 1. The molecule has 0 bridgehead atoms. The molecule has 4 nitrogen and oxygen atoms in total. The van der Waals surface area contributed by atoms with Gasteiger partial charge in [-0.25, -0.2) is 0 Å². The second kappa shape index (κ2) is 10.1. The topological polar surface area (TPSA) is 33.7 Å². The van der Waals surface area contributed by atoms with Gasteiger partial charge in [-0.05, 0) is 56.1 Å². The minimum absolute atomic E-state index is 0.462. The number of nitrogens with zero attached hydrogens (tertiary/aromatic N) is 1. The van der Waals surface area contributed by atoms with Crippen molar-refractivity contribution < 1.29 is 9.47 Å². The van der Waals surface area contributed by atoms with Crippen LogP contribution in [0.4, 0.5) is 0 Å². The van der Waals surface area contributed by atoms with E-state index in [9.17, 15) is 0 Å². The summed E-state index contributed by atoms with van der Waals surface area (Å²) in [5, 5.41) is 4.16.